The van der Waals surface area contributed by atoms with Crippen LogP contribution in [-0.4, -0.2) is 40.2 Å². The smallest absolute Gasteiger partial charge is 0.308 e. The Kier molecular flexibility index (Phi) is 3.46. The van der Waals surface area contributed by atoms with E-state index in [4.69, 9.17) is 0 Å². The van der Waals surface area contributed by atoms with Gasteiger partial charge in [0.2, 0.25) is 0 Å². The number of amides is 1. The van der Waals surface area contributed by atoms with Crippen LogP contribution in [-0.2, 0) is 4.79 Å². The van der Waals surface area contributed by atoms with Crippen molar-refractivity contribution in [1.29, 1.82) is 0 Å². The molecule has 3 rings (SSSR count). The highest BCUT2D eigenvalue weighted by Gasteiger charge is 2.51. The molecule has 1 aromatic carbocycles. The van der Waals surface area contributed by atoms with Crippen molar-refractivity contribution in [2.24, 2.45) is 5.92 Å². The van der Waals surface area contributed by atoms with Gasteiger partial charge in [0, 0.05) is 22.5 Å². The summed E-state index contributed by atoms with van der Waals surface area (Å²) in [7, 11) is 0. The molecule has 2 heterocycles. The van der Waals surface area contributed by atoms with Gasteiger partial charge in [-0.05, 0) is 49.8 Å². The van der Waals surface area contributed by atoms with E-state index in [0.29, 0.717) is 12.0 Å². The monoisotopic (exact) mass is 291 g/mol. The van der Waals surface area contributed by atoms with Gasteiger partial charge in [-0.3, -0.25) is 9.59 Å². The van der Waals surface area contributed by atoms with Crippen molar-refractivity contribution in [3.05, 3.63) is 29.8 Å². The number of benzene rings is 1. The van der Waals surface area contributed by atoms with Crippen molar-refractivity contribution in [1.82, 2.24) is 4.90 Å². The van der Waals surface area contributed by atoms with Gasteiger partial charge in [-0.2, -0.15) is 0 Å². The van der Waals surface area contributed by atoms with Crippen LogP contribution in [0, 0.1) is 5.92 Å². The predicted octanol–water partition coefficient (Wildman–Crippen LogP) is 2.49. The van der Waals surface area contributed by atoms with Crippen LogP contribution in [0.3, 0.4) is 0 Å². The Morgan fingerprint density at radius 3 is 2.50 bits per heavy atom. The summed E-state index contributed by atoms with van der Waals surface area (Å²) in [6, 6.07) is 7.53. The third-order valence-electron chi connectivity index (χ3n) is 4.43. The number of carbonyl (C=O) groups is 2. The van der Waals surface area contributed by atoms with Gasteiger partial charge in [0.05, 0.1) is 5.92 Å². The van der Waals surface area contributed by atoms with Crippen LogP contribution in [0.25, 0.3) is 0 Å². The van der Waals surface area contributed by atoms with Crippen molar-refractivity contribution in [3.63, 3.8) is 0 Å². The quantitative estimate of drug-likeness (QED) is 0.869. The molecule has 3 unspecified atom stereocenters. The van der Waals surface area contributed by atoms with Gasteiger partial charge in [0.1, 0.15) is 0 Å². The zero-order valence-corrected chi connectivity index (χ0v) is 12.1. The zero-order chi connectivity index (χ0) is 14.3. The molecule has 1 amide bonds. The number of hydrogen-bond donors (Lipinski definition) is 1. The lowest BCUT2D eigenvalue weighted by Gasteiger charge is -2.23. The maximum atomic E-state index is 12.6. The molecule has 2 bridgehead atoms. The van der Waals surface area contributed by atoms with E-state index in [1.807, 2.05) is 35.4 Å². The molecule has 106 valence electrons. The van der Waals surface area contributed by atoms with Gasteiger partial charge in [-0.15, -0.1) is 11.8 Å². The van der Waals surface area contributed by atoms with Crippen molar-refractivity contribution in [2.45, 2.75) is 36.2 Å². The minimum absolute atomic E-state index is 0.0195. The molecule has 20 heavy (non-hydrogen) atoms. The molecule has 2 saturated heterocycles. The van der Waals surface area contributed by atoms with E-state index in [1.165, 1.54) is 0 Å². The van der Waals surface area contributed by atoms with E-state index < -0.39 is 5.97 Å². The molecule has 2 aliphatic rings. The lowest BCUT2D eigenvalue weighted by molar-refractivity contribution is -0.142. The number of carbonyl (C=O) groups excluding carboxylic acids is 1. The summed E-state index contributed by atoms with van der Waals surface area (Å²) in [5.74, 6) is -1.18. The summed E-state index contributed by atoms with van der Waals surface area (Å²) in [5, 5.41) is 9.23. The van der Waals surface area contributed by atoms with Crippen LogP contribution in [0.15, 0.2) is 29.2 Å². The number of hydrogen-bond acceptors (Lipinski definition) is 3. The molecule has 2 fully saturated rings. The van der Waals surface area contributed by atoms with Crippen molar-refractivity contribution >= 4 is 23.6 Å². The Labute approximate surface area is 122 Å². The molecule has 0 radical (unpaired) electrons. The average Bonchev–Trinajstić information content (AvgIpc) is 3.04. The molecular weight excluding hydrogens is 274 g/mol. The number of fused-ring (bicyclic) bond motifs is 2. The Morgan fingerprint density at radius 1 is 1.25 bits per heavy atom. The van der Waals surface area contributed by atoms with Gasteiger partial charge in [0.25, 0.3) is 5.91 Å². The molecule has 0 aromatic heterocycles. The molecule has 5 heteroatoms. The molecule has 4 nitrogen and oxygen atoms in total. The van der Waals surface area contributed by atoms with Gasteiger partial charge in [-0.1, -0.05) is 0 Å². The first kappa shape index (κ1) is 13.5. The highest BCUT2D eigenvalue weighted by Crippen LogP contribution is 2.42. The Hall–Kier alpha value is -1.49. The number of thioether (sulfide) groups is 1. The van der Waals surface area contributed by atoms with Gasteiger partial charge in [0.15, 0.2) is 0 Å². The summed E-state index contributed by atoms with van der Waals surface area (Å²) in [6.45, 7) is 0. The van der Waals surface area contributed by atoms with E-state index in [0.717, 1.165) is 17.7 Å². The number of carboxylic acid groups (broad SMARTS) is 1. The molecule has 3 atom stereocenters. The standard InChI is InChI=1S/C15H17NO3S/c1-20-11-5-2-9(3-6-11)14(17)16-10-4-7-13(16)12(8-10)15(18)19/h2-3,5-6,10,12-13H,4,7-8H2,1H3,(H,18,19). The normalized spacial score (nSPS) is 27.9. The zero-order valence-electron chi connectivity index (χ0n) is 11.3. The fourth-order valence-corrected chi connectivity index (χ4v) is 3.86. The molecule has 2 aliphatic heterocycles. The second kappa shape index (κ2) is 5.13. The average molecular weight is 291 g/mol. The van der Waals surface area contributed by atoms with Crippen LogP contribution in [0.2, 0.25) is 0 Å². The van der Waals surface area contributed by atoms with E-state index >= 15 is 0 Å². The lowest BCUT2D eigenvalue weighted by Crippen LogP contribution is -2.37. The van der Waals surface area contributed by atoms with E-state index in [2.05, 4.69) is 0 Å². The third-order valence-corrected chi connectivity index (χ3v) is 5.17. The number of carboxylic acids is 1. The van der Waals surface area contributed by atoms with Crippen LogP contribution in [0.5, 0.6) is 0 Å². The second-order valence-corrected chi connectivity index (χ2v) is 6.30. The highest BCUT2D eigenvalue weighted by molar-refractivity contribution is 7.98. The maximum Gasteiger partial charge on any atom is 0.308 e. The Balaban J connectivity index is 1.82. The first-order chi connectivity index (χ1) is 9.61. The van der Waals surface area contributed by atoms with Crippen LogP contribution in [0.4, 0.5) is 0 Å². The first-order valence-electron chi connectivity index (χ1n) is 6.81. The van der Waals surface area contributed by atoms with Gasteiger partial charge >= 0.3 is 5.97 Å². The molecule has 1 aromatic rings. The van der Waals surface area contributed by atoms with Crippen molar-refractivity contribution < 1.29 is 14.7 Å². The van der Waals surface area contributed by atoms with E-state index in [-0.39, 0.29) is 23.9 Å². The fraction of sp³-hybridized carbons (Fsp3) is 0.467. The molecule has 0 aliphatic carbocycles. The second-order valence-electron chi connectivity index (χ2n) is 5.42. The number of aliphatic carboxylic acids is 1. The predicted molar refractivity (Wildman–Crippen MR) is 76.9 cm³/mol. The SMILES string of the molecule is CSc1ccc(C(=O)N2C3CCC2C(C(=O)O)C3)cc1. The van der Waals surface area contributed by atoms with Crippen LogP contribution >= 0.6 is 11.8 Å². The van der Waals surface area contributed by atoms with E-state index in [1.54, 1.807) is 11.8 Å². The summed E-state index contributed by atoms with van der Waals surface area (Å²) in [6.07, 6.45) is 4.35. The highest BCUT2D eigenvalue weighted by atomic mass is 32.2. The third kappa shape index (κ3) is 2.10. The lowest BCUT2D eigenvalue weighted by atomic mass is 9.89. The Bertz CT molecular complexity index is 543. The van der Waals surface area contributed by atoms with Crippen molar-refractivity contribution in [2.75, 3.05) is 6.26 Å². The topological polar surface area (TPSA) is 57.6 Å². The summed E-state index contributed by atoms with van der Waals surface area (Å²) in [5.41, 5.74) is 0.658. The van der Waals surface area contributed by atoms with Gasteiger partial charge < -0.3 is 10.0 Å². The summed E-state index contributed by atoms with van der Waals surface area (Å²) in [4.78, 5) is 26.8. The number of rotatable bonds is 3. The fourth-order valence-electron chi connectivity index (χ4n) is 3.45. The minimum Gasteiger partial charge on any atom is -0.481 e. The molecular formula is C15H17NO3S. The van der Waals surface area contributed by atoms with E-state index in [9.17, 15) is 14.7 Å². The molecule has 1 N–H and O–H groups in total. The maximum absolute atomic E-state index is 12.6. The minimum atomic E-state index is -0.771. The van der Waals surface area contributed by atoms with Gasteiger partial charge in [-0.25, -0.2) is 0 Å². The van der Waals surface area contributed by atoms with Crippen LogP contribution < -0.4 is 0 Å². The number of nitrogens with zero attached hydrogens (tertiary/aromatic N) is 1. The summed E-state index contributed by atoms with van der Waals surface area (Å²) >= 11 is 1.64. The Morgan fingerprint density at radius 2 is 1.95 bits per heavy atom. The molecule has 0 spiro atoms. The van der Waals surface area contributed by atoms with Crippen LogP contribution in [0.1, 0.15) is 29.6 Å². The first-order valence-corrected chi connectivity index (χ1v) is 8.04. The van der Waals surface area contributed by atoms with Crippen molar-refractivity contribution in [3.8, 4) is 0 Å². The largest absolute Gasteiger partial charge is 0.481 e. The summed E-state index contributed by atoms with van der Waals surface area (Å²) < 4.78 is 0. The molecule has 0 saturated carbocycles.